The smallest absolute Gasteiger partial charge is 0.254 e. The number of amides is 1. The molecule has 1 heterocycles. The summed E-state index contributed by atoms with van der Waals surface area (Å²) in [4.78, 5) is 15.0. The number of ether oxygens (including phenoxy) is 3. The van der Waals surface area contributed by atoms with Crippen LogP contribution in [0.4, 0.5) is 0 Å². The zero-order valence-corrected chi connectivity index (χ0v) is 16.4. The molecule has 2 rings (SSSR count). The van der Waals surface area contributed by atoms with Crippen molar-refractivity contribution in [3.63, 3.8) is 0 Å². The van der Waals surface area contributed by atoms with Crippen molar-refractivity contribution in [2.24, 2.45) is 5.92 Å². The van der Waals surface area contributed by atoms with E-state index in [-0.39, 0.29) is 11.9 Å². The van der Waals surface area contributed by atoms with E-state index < -0.39 is 0 Å². The first kappa shape index (κ1) is 20.5. The van der Waals surface area contributed by atoms with E-state index in [1.807, 2.05) is 11.0 Å². The zero-order valence-electron chi connectivity index (χ0n) is 16.4. The fourth-order valence-corrected chi connectivity index (χ4v) is 3.15. The van der Waals surface area contributed by atoms with Crippen molar-refractivity contribution in [3.8, 4) is 11.5 Å². The van der Waals surface area contributed by atoms with Crippen LogP contribution in [0.2, 0.25) is 0 Å². The molecule has 0 bridgehead atoms. The van der Waals surface area contributed by atoms with Gasteiger partial charge in [0.1, 0.15) is 0 Å². The fourth-order valence-electron chi connectivity index (χ4n) is 3.15. The van der Waals surface area contributed by atoms with Gasteiger partial charge in [-0.1, -0.05) is 0 Å². The number of carbonyl (C=O) groups is 1. The Kier molecular flexibility index (Phi) is 8.19. The minimum Gasteiger partial charge on any atom is -0.493 e. The van der Waals surface area contributed by atoms with Gasteiger partial charge in [-0.15, -0.1) is 0 Å². The summed E-state index contributed by atoms with van der Waals surface area (Å²) in [7, 11) is 3.27. The highest BCUT2D eigenvalue weighted by Crippen LogP contribution is 2.29. The van der Waals surface area contributed by atoms with E-state index in [0.29, 0.717) is 36.2 Å². The molecule has 0 saturated carbocycles. The highest BCUT2D eigenvalue weighted by Gasteiger charge is 2.25. The normalized spacial score (nSPS) is 16.7. The molecule has 1 fully saturated rings. The standard InChI is InChI=1S/C20H32N2O4/c1-15(2)22(14-16-8-9-21-13-16)20(23)17-6-7-18(25-4)19(12-17)26-11-5-10-24-3/h6-7,12,15-16,21H,5,8-11,13-14H2,1-4H3/t16-/m0/s1. The number of methoxy groups -OCH3 is 2. The Bertz CT molecular complexity index is 571. The van der Waals surface area contributed by atoms with Crippen molar-refractivity contribution in [1.82, 2.24) is 10.2 Å². The van der Waals surface area contributed by atoms with Gasteiger partial charge in [0.05, 0.1) is 13.7 Å². The van der Waals surface area contributed by atoms with Crippen LogP contribution in [0, 0.1) is 5.92 Å². The Labute approximate surface area is 156 Å². The van der Waals surface area contributed by atoms with E-state index in [2.05, 4.69) is 19.2 Å². The molecular weight excluding hydrogens is 332 g/mol. The predicted molar refractivity (Wildman–Crippen MR) is 102 cm³/mol. The first-order chi connectivity index (χ1) is 12.6. The van der Waals surface area contributed by atoms with E-state index in [0.717, 1.165) is 32.5 Å². The van der Waals surface area contributed by atoms with Gasteiger partial charge in [-0.05, 0) is 57.5 Å². The fraction of sp³-hybridized carbons (Fsp3) is 0.650. The average molecular weight is 364 g/mol. The SMILES string of the molecule is COCCCOc1cc(C(=O)N(C[C@H]2CCNC2)C(C)C)ccc1OC. The van der Waals surface area contributed by atoms with Crippen molar-refractivity contribution >= 4 is 5.91 Å². The average Bonchev–Trinajstić information content (AvgIpc) is 3.15. The third-order valence-electron chi connectivity index (χ3n) is 4.66. The summed E-state index contributed by atoms with van der Waals surface area (Å²) >= 11 is 0. The molecule has 1 aromatic carbocycles. The molecule has 6 heteroatoms. The number of carbonyl (C=O) groups excluding carboxylic acids is 1. The summed E-state index contributed by atoms with van der Waals surface area (Å²) in [5, 5.41) is 3.37. The van der Waals surface area contributed by atoms with Crippen LogP contribution in [0.15, 0.2) is 18.2 Å². The highest BCUT2D eigenvalue weighted by atomic mass is 16.5. The maximum atomic E-state index is 13.1. The largest absolute Gasteiger partial charge is 0.493 e. The molecule has 0 aromatic heterocycles. The second kappa shape index (κ2) is 10.4. The van der Waals surface area contributed by atoms with Crippen LogP contribution in [-0.4, -0.2) is 63.9 Å². The van der Waals surface area contributed by atoms with Gasteiger partial charge < -0.3 is 24.4 Å². The highest BCUT2D eigenvalue weighted by molar-refractivity contribution is 5.95. The number of hydrogen-bond acceptors (Lipinski definition) is 5. The summed E-state index contributed by atoms with van der Waals surface area (Å²) in [5.74, 6) is 1.79. The molecule has 6 nitrogen and oxygen atoms in total. The van der Waals surface area contributed by atoms with Gasteiger partial charge in [0.15, 0.2) is 11.5 Å². The molecule has 1 atom stereocenters. The van der Waals surface area contributed by atoms with Crippen LogP contribution < -0.4 is 14.8 Å². The minimum absolute atomic E-state index is 0.0382. The van der Waals surface area contributed by atoms with Crippen molar-refractivity contribution in [1.29, 1.82) is 0 Å². The van der Waals surface area contributed by atoms with Crippen molar-refractivity contribution in [3.05, 3.63) is 23.8 Å². The number of hydrogen-bond donors (Lipinski definition) is 1. The summed E-state index contributed by atoms with van der Waals surface area (Å²) in [6.45, 7) is 8.07. The monoisotopic (exact) mass is 364 g/mol. The zero-order chi connectivity index (χ0) is 18.9. The van der Waals surface area contributed by atoms with Crippen LogP contribution in [-0.2, 0) is 4.74 Å². The quantitative estimate of drug-likeness (QED) is 0.647. The number of rotatable bonds is 10. The Morgan fingerprint density at radius 1 is 1.27 bits per heavy atom. The van der Waals surface area contributed by atoms with Gasteiger partial charge in [-0.25, -0.2) is 0 Å². The lowest BCUT2D eigenvalue weighted by atomic mass is 10.1. The first-order valence-electron chi connectivity index (χ1n) is 9.38. The number of benzene rings is 1. The van der Waals surface area contributed by atoms with Crippen LogP contribution in [0.25, 0.3) is 0 Å². The Hall–Kier alpha value is -1.79. The van der Waals surface area contributed by atoms with Gasteiger partial charge in [0, 0.05) is 38.3 Å². The Morgan fingerprint density at radius 3 is 2.69 bits per heavy atom. The van der Waals surface area contributed by atoms with E-state index in [4.69, 9.17) is 14.2 Å². The molecule has 26 heavy (non-hydrogen) atoms. The lowest BCUT2D eigenvalue weighted by molar-refractivity contribution is 0.0676. The molecular formula is C20H32N2O4. The Morgan fingerprint density at radius 2 is 2.08 bits per heavy atom. The molecule has 0 aliphatic carbocycles. The predicted octanol–water partition coefficient (Wildman–Crippen LogP) is 2.57. The second-order valence-corrected chi connectivity index (χ2v) is 6.97. The molecule has 0 spiro atoms. The summed E-state index contributed by atoms with van der Waals surface area (Å²) < 4.78 is 16.2. The molecule has 1 saturated heterocycles. The van der Waals surface area contributed by atoms with Crippen molar-refractivity contribution in [2.75, 3.05) is 47.1 Å². The molecule has 0 radical (unpaired) electrons. The lowest BCUT2D eigenvalue weighted by Gasteiger charge is -2.29. The Balaban J connectivity index is 2.11. The van der Waals surface area contributed by atoms with Crippen molar-refractivity contribution < 1.29 is 19.0 Å². The molecule has 1 aliphatic heterocycles. The lowest BCUT2D eigenvalue weighted by Crippen LogP contribution is -2.40. The van der Waals surface area contributed by atoms with Crippen LogP contribution in [0.1, 0.15) is 37.0 Å². The van der Waals surface area contributed by atoms with Gasteiger partial charge in [0.25, 0.3) is 5.91 Å². The van der Waals surface area contributed by atoms with E-state index in [1.54, 1.807) is 26.4 Å². The second-order valence-electron chi connectivity index (χ2n) is 6.97. The van der Waals surface area contributed by atoms with Crippen LogP contribution in [0.5, 0.6) is 11.5 Å². The third-order valence-corrected chi connectivity index (χ3v) is 4.66. The van der Waals surface area contributed by atoms with Crippen LogP contribution >= 0.6 is 0 Å². The number of nitrogens with one attached hydrogen (secondary N) is 1. The molecule has 1 amide bonds. The maximum absolute atomic E-state index is 13.1. The first-order valence-corrected chi connectivity index (χ1v) is 9.38. The van der Waals surface area contributed by atoms with Gasteiger partial charge in [-0.3, -0.25) is 4.79 Å². The van der Waals surface area contributed by atoms with E-state index >= 15 is 0 Å². The summed E-state index contributed by atoms with van der Waals surface area (Å²) in [6.07, 6.45) is 1.90. The van der Waals surface area contributed by atoms with Crippen LogP contribution in [0.3, 0.4) is 0 Å². The molecule has 1 N–H and O–H groups in total. The van der Waals surface area contributed by atoms with Gasteiger partial charge >= 0.3 is 0 Å². The van der Waals surface area contributed by atoms with Gasteiger partial charge in [-0.2, -0.15) is 0 Å². The minimum atomic E-state index is 0.0382. The van der Waals surface area contributed by atoms with Crippen molar-refractivity contribution in [2.45, 2.75) is 32.7 Å². The topological polar surface area (TPSA) is 60.0 Å². The number of nitrogens with zero attached hydrogens (tertiary/aromatic N) is 1. The van der Waals surface area contributed by atoms with E-state index in [1.165, 1.54) is 0 Å². The molecule has 1 aliphatic rings. The van der Waals surface area contributed by atoms with E-state index in [9.17, 15) is 4.79 Å². The van der Waals surface area contributed by atoms with Gasteiger partial charge in [0.2, 0.25) is 0 Å². The third kappa shape index (κ3) is 5.61. The molecule has 1 aromatic rings. The maximum Gasteiger partial charge on any atom is 0.254 e. The molecule has 0 unspecified atom stereocenters. The molecule has 146 valence electrons. The summed E-state index contributed by atoms with van der Waals surface area (Å²) in [6, 6.07) is 5.55. The summed E-state index contributed by atoms with van der Waals surface area (Å²) in [5.41, 5.74) is 0.632.